The van der Waals surface area contributed by atoms with Gasteiger partial charge < -0.3 is 24.5 Å². The van der Waals surface area contributed by atoms with Gasteiger partial charge in [0.2, 0.25) is 11.8 Å². The summed E-state index contributed by atoms with van der Waals surface area (Å²) >= 11 is 0. The van der Waals surface area contributed by atoms with E-state index in [1.54, 1.807) is 6.20 Å². The lowest BCUT2D eigenvalue weighted by Crippen LogP contribution is -2.41. The number of piperidine rings is 1. The van der Waals surface area contributed by atoms with Gasteiger partial charge in [-0.3, -0.25) is 14.9 Å². The summed E-state index contributed by atoms with van der Waals surface area (Å²) in [6.45, 7) is 1.44. The summed E-state index contributed by atoms with van der Waals surface area (Å²) in [5, 5.41) is 14.9. The highest BCUT2D eigenvalue weighted by Gasteiger charge is 2.30. The SMILES string of the molecule is O=C(O)NCCOCCOCC#Cc1ccc2c(c1)c1cccnc1n2[C@H]1CCC(=O)NC1=O. The minimum absolute atomic E-state index is 0.229. The van der Waals surface area contributed by atoms with E-state index in [0.717, 1.165) is 21.9 Å². The molecule has 0 bridgehead atoms. The number of pyridine rings is 1. The first-order chi connectivity index (χ1) is 16.5. The fraction of sp³-hybridized carbons (Fsp3) is 0.333. The maximum absolute atomic E-state index is 12.5. The summed E-state index contributed by atoms with van der Waals surface area (Å²) < 4.78 is 12.6. The number of imide groups is 1. The highest BCUT2D eigenvalue weighted by Crippen LogP contribution is 2.33. The van der Waals surface area contributed by atoms with Crippen LogP contribution in [0.25, 0.3) is 21.9 Å². The highest BCUT2D eigenvalue weighted by atomic mass is 16.5. The average Bonchev–Trinajstić information content (AvgIpc) is 3.14. The van der Waals surface area contributed by atoms with Crippen LogP contribution in [-0.4, -0.2) is 65.5 Å². The van der Waals surface area contributed by atoms with E-state index in [2.05, 4.69) is 27.5 Å². The van der Waals surface area contributed by atoms with Gasteiger partial charge in [0, 0.05) is 35.5 Å². The maximum atomic E-state index is 12.5. The molecule has 1 aliphatic rings. The van der Waals surface area contributed by atoms with Crippen LogP contribution in [0.15, 0.2) is 36.5 Å². The summed E-state index contributed by atoms with van der Waals surface area (Å²) in [6, 6.07) is 9.08. The van der Waals surface area contributed by atoms with Gasteiger partial charge in [0.05, 0.1) is 25.3 Å². The minimum Gasteiger partial charge on any atom is -0.465 e. The first kappa shape index (κ1) is 23.2. The molecule has 10 nitrogen and oxygen atoms in total. The molecule has 1 aromatic carbocycles. The second kappa shape index (κ2) is 10.8. The number of nitrogens with zero attached hydrogens (tertiary/aromatic N) is 2. The molecule has 1 fully saturated rings. The van der Waals surface area contributed by atoms with Crippen LogP contribution in [-0.2, 0) is 19.1 Å². The molecule has 0 spiro atoms. The van der Waals surface area contributed by atoms with Crippen molar-refractivity contribution in [1.82, 2.24) is 20.2 Å². The van der Waals surface area contributed by atoms with Crippen LogP contribution in [0.4, 0.5) is 4.79 Å². The van der Waals surface area contributed by atoms with Crippen LogP contribution in [0.3, 0.4) is 0 Å². The molecule has 2 aromatic heterocycles. The van der Waals surface area contributed by atoms with Gasteiger partial charge in [-0.1, -0.05) is 11.8 Å². The number of benzene rings is 1. The average molecular weight is 464 g/mol. The smallest absolute Gasteiger partial charge is 0.404 e. The molecule has 1 saturated heterocycles. The summed E-state index contributed by atoms with van der Waals surface area (Å²) in [6.07, 6.45) is 1.33. The van der Waals surface area contributed by atoms with Crippen molar-refractivity contribution >= 4 is 39.8 Å². The Labute approximate surface area is 195 Å². The number of carbonyl (C=O) groups excluding carboxylic acids is 2. The van der Waals surface area contributed by atoms with E-state index < -0.39 is 12.1 Å². The zero-order valence-electron chi connectivity index (χ0n) is 18.4. The predicted octanol–water partition coefficient (Wildman–Crippen LogP) is 1.82. The Hall–Kier alpha value is -3.94. The van der Waals surface area contributed by atoms with E-state index in [0.29, 0.717) is 25.3 Å². The van der Waals surface area contributed by atoms with E-state index in [9.17, 15) is 14.4 Å². The topological polar surface area (TPSA) is 132 Å². The predicted molar refractivity (Wildman–Crippen MR) is 123 cm³/mol. The van der Waals surface area contributed by atoms with Crippen molar-refractivity contribution in [3.63, 3.8) is 0 Å². The summed E-state index contributed by atoms with van der Waals surface area (Å²) in [5.74, 6) is 5.49. The number of hydrogen-bond acceptors (Lipinski definition) is 6. The standard InChI is InChI=1S/C24H24N4O6/c29-21-8-7-20(23(30)27-21)28-19-6-5-16(15-18(19)17-4-1-9-25-22(17)28)3-2-11-33-13-14-34-12-10-26-24(31)32/h1,4-6,9,15,20,26H,7-8,10-14H2,(H,31,32)(H,27,29,30)/t20-/m0/s1. The Balaban J connectivity index is 1.43. The molecule has 3 amide bonds. The van der Waals surface area contributed by atoms with Crippen LogP contribution >= 0.6 is 0 Å². The molecular weight excluding hydrogens is 440 g/mol. The number of hydrogen-bond donors (Lipinski definition) is 3. The van der Waals surface area contributed by atoms with Crippen molar-refractivity contribution in [3.05, 3.63) is 42.1 Å². The molecule has 1 aliphatic heterocycles. The Morgan fingerprint density at radius 2 is 2.06 bits per heavy atom. The van der Waals surface area contributed by atoms with E-state index in [1.807, 2.05) is 34.9 Å². The van der Waals surface area contributed by atoms with Crippen LogP contribution in [0, 0.1) is 11.8 Å². The van der Waals surface area contributed by atoms with Gasteiger partial charge >= 0.3 is 6.09 Å². The molecule has 3 heterocycles. The molecule has 4 rings (SSSR count). The monoisotopic (exact) mass is 464 g/mol. The van der Waals surface area contributed by atoms with E-state index in [1.165, 1.54) is 0 Å². The number of carboxylic acid groups (broad SMARTS) is 1. The van der Waals surface area contributed by atoms with Crippen LogP contribution < -0.4 is 10.6 Å². The van der Waals surface area contributed by atoms with Crippen LogP contribution in [0.2, 0.25) is 0 Å². The van der Waals surface area contributed by atoms with Crippen LogP contribution in [0.5, 0.6) is 0 Å². The van der Waals surface area contributed by atoms with Gasteiger partial charge in [0.25, 0.3) is 0 Å². The van der Waals surface area contributed by atoms with Crippen molar-refractivity contribution < 1.29 is 29.0 Å². The molecule has 0 aliphatic carbocycles. The van der Waals surface area contributed by atoms with Crippen molar-refractivity contribution in [1.29, 1.82) is 0 Å². The third kappa shape index (κ3) is 5.33. The maximum Gasteiger partial charge on any atom is 0.404 e. The van der Waals surface area contributed by atoms with Crippen molar-refractivity contribution in [3.8, 4) is 11.8 Å². The van der Waals surface area contributed by atoms with Crippen molar-refractivity contribution in [2.24, 2.45) is 0 Å². The normalized spacial score (nSPS) is 15.7. The molecule has 10 heteroatoms. The first-order valence-electron chi connectivity index (χ1n) is 10.9. The van der Waals surface area contributed by atoms with E-state index >= 15 is 0 Å². The first-order valence-corrected chi connectivity index (χ1v) is 10.9. The summed E-state index contributed by atoms with van der Waals surface area (Å²) in [5.41, 5.74) is 2.36. The Morgan fingerprint density at radius 3 is 2.88 bits per heavy atom. The number of carbonyl (C=O) groups is 3. The molecule has 3 aromatic rings. The number of ether oxygens (including phenoxy) is 2. The molecule has 0 radical (unpaired) electrons. The van der Waals surface area contributed by atoms with Gasteiger partial charge in [-0.2, -0.15) is 0 Å². The van der Waals surface area contributed by atoms with Gasteiger partial charge in [-0.15, -0.1) is 0 Å². The Bertz CT molecular complexity index is 1290. The van der Waals surface area contributed by atoms with Gasteiger partial charge in [-0.25, -0.2) is 9.78 Å². The van der Waals surface area contributed by atoms with Gasteiger partial charge in [-0.05, 0) is 36.8 Å². The molecule has 0 saturated carbocycles. The zero-order valence-corrected chi connectivity index (χ0v) is 18.4. The second-order valence-electron chi connectivity index (χ2n) is 7.64. The lowest BCUT2D eigenvalue weighted by Gasteiger charge is -2.23. The quantitative estimate of drug-likeness (QED) is 0.263. The number of nitrogens with one attached hydrogen (secondary N) is 2. The largest absolute Gasteiger partial charge is 0.465 e. The lowest BCUT2D eigenvalue weighted by atomic mass is 10.1. The zero-order chi connectivity index (χ0) is 23.9. The van der Waals surface area contributed by atoms with Crippen LogP contribution in [0.1, 0.15) is 24.4 Å². The molecule has 0 unspecified atom stereocenters. The Kier molecular flexibility index (Phi) is 7.37. The third-order valence-electron chi connectivity index (χ3n) is 5.38. The molecule has 34 heavy (non-hydrogen) atoms. The number of fused-ring (bicyclic) bond motifs is 3. The Morgan fingerprint density at radius 1 is 1.21 bits per heavy atom. The van der Waals surface area contributed by atoms with Crippen molar-refractivity contribution in [2.75, 3.05) is 33.0 Å². The summed E-state index contributed by atoms with van der Waals surface area (Å²) in [7, 11) is 0. The fourth-order valence-electron chi connectivity index (χ4n) is 3.91. The van der Waals surface area contributed by atoms with E-state index in [-0.39, 0.29) is 38.0 Å². The lowest BCUT2D eigenvalue weighted by molar-refractivity contribution is -0.135. The molecular formula is C24H24N4O6. The van der Waals surface area contributed by atoms with Gasteiger partial charge in [0.1, 0.15) is 18.3 Å². The molecule has 3 N–H and O–H groups in total. The molecule has 1 atom stereocenters. The number of rotatable bonds is 8. The van der Waals surface area contributed by atoms with E-state index in [4.69, 9.17) is 14.6 Å². The van der Waals surface area contributed by atoms with Gasteiger partial charge in [0.15, 0.2) is 0 Å². The fourth-order valence-corrected chi connectivity index (χ4v) is 3.91. The minimum atomic E-state index is -1.08. The highest BCUT2D eigenvalue weighted by molar-refractivity contribution is 6.09. The molecule has 176 valence electrons. The van der Waals surface area contributed by atoms with Crippen molar-refractivity contribution in [2.45, 2.75) is 18.9 Å². The number of amides is 3. The number of aromatic nitrogens is 2. The summed E-state index contributed by atoms with van der Waals surface area (Å²) in [4.78, 5) is 39.0. The third-order valence-corrected chi connectivity index (χ3v) is 5.38. The second-order valence-corrected chi connectivity index (χ2v) is 7.64.